The standard InChI is InChI=1S/C32H50N6O4S/c1-12-15-20(4)26-27-28(36(11)35-26)30(39)34-29(33-27)23-17-25(21(5)16-24(23)42-32(9,10)13-2)43(40,41)37-18-22(6)38(14-3)31(7,8)19-37/h16-17,20,22H,12-15,18-19H2,1-11H3,(H,33,34,39)/i20D. The Labute approximate surface area is 258 Å². The third kappa shape index (κ3) is 6.26. The molecule has 2 atom stereocenters. The highest BCUT2D eigenvalue weighted by atomic mass is 32.2. The number of ether oxygens (including phenoxy) is 1. The quantitative estimate of drug-likeness (QED) is 0.316. The van der Waals surface area contributed by atoms with E-state index in [1.807, 2.05) is 27.7 Å². The van der Waals surface area contributed by atoms with E-state index in [0.717, 1.165) is 13.0 Å². The molecule has 1 aromatic carbocycles. The van der Waals surface area contributed by atoms with Crippen LogP contribution in [0, 0.1) is 6.92 Å². The van der Waals surface area contributed by atoms with Crippen molar-refractivity contribution in [2.24, 2.45) is 7.05 Å². The summed E-state index contributed by atoms with van der Waals surface area (Å²) in [6, 6.07) is 3.36. The van der Waals surface area contributed by atoms with Gasteiger partial charge >= 0.3 is 0 Å². The zero-order valence-electron chi connectivity index (χ0n) is 28.8. The lowest BCUT2D eigenvalue weighted by atomic mass is 9.97. The van der Waals surface area contributed by atoms with Crippen LogP contribution < -0.4 is 10.3 Å². The van der Waals surface area contributed by atoms with Crippen molar-refractivity contribution >= 4 is 21.1 Å². The first kappa shape index (κ1) is 31.7. The van der Waals surface area contributed by atoms with E-state index in [9.17, 15) is 13.2 Å². The zero-order chi connectivity index (χ0) is 33.0. The lowest BCUT2D eigenvalue weighted by Gasteiger charge is -2.50. The number of rotatable bonds is 10. The van der Waals surface area contributed by atoms with Crippen LogP contribution in [0.2, 0.25) is 0 Å². The fourth-order valence-electron chi connectivity index (χ4n) is 6.31. The van der Waals surface area contributed by atoms with Gasteiger partial charge in [-0.15, -0.1) is 0 Å². The number of piperazine rings is 1. The molecule has 0 radical (unpaired) electrons. The highest BCUT2D eigenvalue weighted by molar-refractivity contribution is 7.89. The van der Waals surface area contributed by atoms with Crippen molar-refractivity contribution in [3.63, 3.8) is 0 Å². The van der Waals surface area contributed by atoms with E-state index in [1.165, 1.54) is 4.68 Å². The number of likely N-dealkylation sites (N-methyl/N-ethyl adjacent to an activating group) is 1. The molecule has 1 N–H and O–H groups in total. The van der Waals surface area contributed by atoms with Crippen LogP contribution in [-0.4, -0.2) is 74.2 Å². The maximum atomic E-state index is 14.3. The monoisotopic (exact) mass is 615 g/mol. The molecule has 1 aliphatic rings. The fraction of sp³-hybridized carbons (Fsp3) is 0.656. The fourth-order valence-corrected chi connectivity index (χ4v) is 8.21. The Bertz CT molecular complexity index is 1710. The molecule has 0 aliphatic carbocycles. The Morgan fingerprint density at radius 1 is 1.26 bits per heavy atom. The van der Waals surface area contributed by atoms with Crippen molar-refractivity contribution in [2.45, 2.75) is 116 Å². The van der Waals surface area contributed by atoms with Gasteiger partial charge in [-0.25, -0.2) is 13.4 Å². The van der Waals surface area contributed by atoms with Crippen LogP contribution in [0.4, 0.5) is 0 Å². The third-order valence-electron chi connectivity index (χ3n) is 8.79. The zero-order valence-corrected chi connectivity index (χ0v) is 28.6. The number of aromatic nitrogens is 4. The largest absolute Gasteiger partial charge is 0.487 e. The summed E-state index contributed by atoms with van der Waals surface area (Å²) >= 11 is 0. The molecule has 1 aliphatic heterocycles. The second kappa shape index (κ2) is 12.0. The van der Waals surface area contributed by atoms with Gasteiger partial charge in [-0.05, 0) is 78.6 Å². The minimum atomic E-state index is -3.93. The summed E-state index contributed by atoms with van der Waals surface area (Å²) in [4.78, 5) is 23.7. The molecule has 0 spiro atoms. The number of nitrogens with one attached hydrogen (secondary N) is 1. The van der Waals surface area contributed by atoms with E-state index < -0.39 is 27.1 Å². The Kier molecular flexibility index (Phi) is 8.81. The molecule has 2 aromatic heterocycles. The number of sulfonamides is 1. The lowest BCUT2D eigenvalue weighted by Crippen LogP contribution is -2.63. The van der Waals surface area contributed by atoms with Crippen LogP contribution in [0.5, 0.6) is 5.75 Å². The van der Waals surface area contributed by atoms with Crippen molar-refractivity contribution in [3.05, 3.63) is 33.7 Å². The minimum Gasteiger partial charge on any atom is -0.487 e. The SMILES string of the molecule is [2H]C(C)(CCC)c1nn(C)c2c(=O)[nH]c(-c3cc(S(=O)(=O)N4CC(C)N(CC)C(C)(C)C4)c(C)cc3OC(C)(C)CC)nc12. The number of hydrogen-bond acceptors (Lipinski definition) is 7. The number of fused-ring (bicyclic) bond motifs is 1. The smallest absolute Gasteiger partial charge is 0.277 e. The molecule has 0 amide bonds. The molecule has 0 saturated carbocycles. The molecule has 2 unspecified atom stereocenters. The number of H-pyrrole nitrogens is 1. The summed E-state index contributed by atoms with van der Waals surface area (Å²) in [7, 11) is -2.26. The van der Waals surface area contributed by atoms with Gasteiger partial charge in [0, 0.05) is 39.0 Å². The van der Waals surface area contributed by atoms with Gasteiger partial charge in [-0.2, -0.15) is 9.40 Å². The summed E-state index contributed by atoms with van der Waals surface area (Å²) in [5.41, 5.74) is 0.579. The first-order chi connectivity index (χ1) is 20.3. The van der Waals surface area contributed by atoms with Crippen molar-refractivity contribution in [3.8, 4) is 17.1 Å². The molecule has 43 heavy (non-hydrogen) atoms. The van der Waals surface area contributed by atoms with Crippen molar-refractivity contribution in [2.75, 3.05) is 19.6 Å². The predicted octanol–water partition coefficient (Wildman–Crippen LogP) is 5.60. The second-order valence-corrected chi connectivity index (χ2v) is 15.1. The molecule has 1 fully saturated rings. The van der Waals surface area contributed by atoms with Crippen LogP contribution in [0.3, 0.4) is 0 Å². The third-order valence-corrected chi connectivity index (χ3v) is 10.7. The highest BCUT2D eigenvalue weighted by Crippen LogP contribution is 2.38. The second-order valence-electron chi connectivity index (χ2n) is 13.2. The van der Waals surface area contributed by atoms with Gasteiger partial charge in [0.05, 0.1) is 16.2 Å². The lowest BCUT2D eigenvalue weighted by molar-refractivity contribution is 0.0165. The minimum absolute atomic E-state index is 0.0398. The number of hydrogen-bond donors (Lipinski definition) is 1. The maximum Gasteiger partial charge on any atom is 0.277 e. The van der Waals surface area contributed by atoms with Gasteiger partial charge in [0.15, 0.2) is 5.52 Å². The van der Waals surface area contributed by atoms with Crippen LogP contribution in [0.1, 0.15) is 100 Å². The van der Waals surface area contributed by atoms with Crippen LogP contribution >= 0.6 is 0 Å². The Morgan fingerprint density at radius 3 is 2.51 bits per heavy atom. The summed E-state index contributed by atoms with van der Waals surface area (Å²) < 4.78 is 47.2. The molecule has 10 nitrogen and oxygen atoms in total. The molecule has 3 aromatic rings. The van der Waals surface area contributed by atoms with E-state index >= 15 is 0 Å². The number of nitrogens with zero attached hydrogens (tertiary/aromatic N) is 5. The Hall–Kier alpha value is -2.76. The normalized spacial score (nSPS) is 20.3. The highest BCUT2D eigenvalue weighted by Gasteiger charge is 2.42. The van der Waals surface area contributed by atoms with Gasteiger partial charge in [-0.3, -0.25) is 14.4 Å². The van der Waals surface area contributed by atoms with Crippen molar-refractivity contribution in [1.29, 1.82) is 0 Å². The van der Waals surface area contributed by atoms with Gasteiger partial charge in [-0.1, -0.05) is 34.1 Å². The molecule has 1 saturated heterocycles. The van der Waals surface area contributed by atoms with Gasteiger partial charge < -0.3 is 9.72 Å². The van der Waals surface area contributed by atoms with Gasteiger partial charge in [0.1, 0.15) is 22.7 Å². The summed E-state index contributed by atoms with van der Waals surface area (Å²) in [5.74, 6) is -0.471. The molecular formula is C32H50N6O4S. The molecule has 238 valence electrons. The van der Waals surface area contributed by atoms with Crippen LogP contribution in [0.25, 0.3) is 22.4 Å². The summed E-state index contributed by atoms with van der Waals surface area (Å²) in [6.45, 7) is 21.3. The van der Waals surface area contributed by atoms with E-state index in [1.54, 1.807) is 37.3 Å². The maximum absolute atomic E-state index is 14.3. The Balaban J connectivity index is 1.97. The average molecular weight is 616 g/mol. The predicted molar refractivity (Wildman–Crippen MR) is 172 cm³/mol. The topological polar surface area (TPSA) is 113 Å². The number of aryl methyl sites for hydroxylation is 2. The molecular weight excluding hydrogens is 564 g/mol. The number of benzene rings is 1. The van der Waals surface area contributed by atoms with E-state index in [4.69, 9.17) is 11.1 Å². The first-order valence-electron chi connectivity index (χ1n) is 15.9. The molecule has 0 bridgehead atoms. The van der Waals surface area contributed by atoms with Crippen LogP contribution in [-0.2, 0) is 17.1 Å². The van der Waals surface area contributed by atoms with Crippen molar-refractivity contribution in [1.82, 2.24) is 29.0 Å². The van der Waals surface area contributed by atoms with Gasteiger partial charge in [0.25, 0.3) is 5.56 Å². The Morgan fingerprint density at radius 2 is 1.93 bits per heavy atom. The van der Waals surface area contributed by atoms with Crippen LogP contribution in [0.15, 0.2) is 21.8 Å². The number of aromatic amines is 1. The summed E-state index contributed by atoms with van der Waals surface area (Å²) in [5, 5.41) is 4.55. The summed E-state index contributed by atoms with van der Waals surface area (Å²) in [6.07, 6.45) is 2.00. The van der Waals surface area contributed by atoms with E-state index in [0.29, 0.717) is 54.0 Å². The van der Waals surface area contributed by atoms with Crippen molar-refractivity contribution < 1.29 is 14.5 Å². The molecule has 3 heterocycles. The first-order valence-corrected chi connectivity index (χ1v) is 16.8. The molecule has 4 rings (SSSR count). The molecule has 11 heteroatoms. The van der Waals surface area contributed by atoms with Gasteiger partial charge in [0.2, 0.25) is 10.0 Å². The average Bonchev–Trinajstić information content (AvgIpc) is 3.25. The van der Waals surface area contributed by atoms with E-state index in [2.05, 4.69) is 42.7 Å². The van der Waals surface area contributed by atoms with E-state index in [-0.39, 0.29) is 27.8 Å².